The quantitative estimate of drug-likeness (QED) is 0.515. The summed E-state index contributed by atoms with van der Waals surface area (Å²) < 4.78 is 11.0. The molecule has 9 heteroatoms. The highest BCUT2D eigenvalue weighted by Gasteiger charge is 2.12. The first kappa shape index (κ1) is 22.6. The van der Waals surface area contributed by atoms with Crippen molar-refractivity contribution in [3.05, 3.63) is 88.2 Å². The second-order valence-electron chi connectivity index (χ2n) is 6.70. The molecule has 0 atom stereocenters. The van der Waals surface area contributed by atoms with E-state index in [1.807, 2.05) is 6.07 Å². The lowest BCUT2D eigenvalue weighted by atomic mass is 10.1. The summed E-state index contributed by atoms with van der Waals surface area (Å²) in [6.07, 6.45) is 3.24. The van der Waals surface area contributed by atoms with Crippen LogP contribution < -0.4 is 20.5 Å². The van der Waals surface area contributed by atoms with Crippen LogP contribution in [0.25, 0.3) is 0 Å². The summed E-state index contributed by atoms with van der Waals surface area (Å²) in [6, 6.07) is 15.2. The Balaban J connectivity index is 1.69. The Bertz CT molecular complexity index is 1160. The van der Waals surface area contributed by atoms with Crippen LogP contribution >= 0.6 is 11.6 Å². The molecule has 0 spiro atoms. The summed E-state index contributed by atoms with van der Waals surface area (Å²) in [4.78, 5) is 27.7. The molecule has 0 unspecified atom stereocenters. The third-order valence-corrected chi connectivity index (χ3v) is 4.48. The zero-order valence-electron chi connectivity index (χ0n) is 16.9. The second-order valence-corrected chi connectivity index (χ2v) is 7.13. The molecule has 2 aromatic carbocycles. The topological polar surface area (TPSA) is 127 Å². The zero-order chi connectivity index (χ0) is 22.9. The summed E-state index contributed by atoms with van der Waals surface area (Å²) in [5.74, 6) is -0.120. The number of nitrogens with zero attached hydrogens (tertiary/aromatic N) is 2. The van der Waals surface area contributed by atoms with E-state index in [4.69, 9.17) is 32.1 Å². The highest BCUT2D eigenvalue weighted by Crippen LogP contribution is 2.21. The molecule has 8 nitrogen and oxygen atoms in total. The van der Waals surface area contributed by atoms with Crippen LogP contribution in [0.5, 0.6) is 11.5 Å². The molecule has 162 valence electrons. The molecule has 0 bridgehead atoms. The first-order valence-electron chi connectivity index (χ1n) is 9.49. The largest absolute Gasteiger partial charge is 0.487 e. The number of carbonyl (C=O) groups is 2. The van der Waals surface area contributed by atoms with Gasteiger partial charge in [0.2, 0.25) is 0 Å². The molecule has 1 heterocycles. The maximum atomic E-state index is 12.7. The Morgan fingerprint density at radius 1 is 1.16 bits per heavy atom. The maximum absolute atomic E-state index is 12.7. The molecule has 0 saturated carbocycles. The third kappa shape index (κ3) is 6.45. The number of ether oxygens (including phenoxy) is 2. The van der Waals surface area contributed by atoms with Crippen molar-refractivity contribution in [2.24, 2.45) is 5.73 Å². The van der Waals surface area contributed by atoms with Crippen molar-refractivity contribution in [1.82, 2.24) is 10.3 Å². The Hall–Kier alpha value is -4.09. The van der Waals surface area contributed by atoms with Crippen LogP contribution in [0.15, 0.2) is 60.9 Å². The van der Waals surface area contributed by atoms with Gasteiger partial charge in [0.15, 0.2) is 6.61 Å². The number of rotatable bonds is 9. The van der Waals surface area contributed by atoms with Crippen LogP contribution in [0.3, 0.4) is 0 Å². The standard InChI is InChI=1S/C23H19ClN4O4/c24-19-7-16(13-31-20-2-1-5-27-12-20)6-18(9-19)23(30)28-11-17-4-3-15(10-25)8-21(17)32-14-22(26)29/h1-9,12H,11,13-14H2,(H2,26,29)(H,28,30). The number of nitriles is 1. The summed E-state index contributed by atoms with van der Waals surface area (Å²) in [6.45, 7) is -0.0235. The van der Waals surface area contributed by atoms with Crippen molar-refractivity contribution in [2.75, 3.05) is 6.61 Å². The van der Waals surface area contributed by atoms with Crippen LogP contribution in [-0.2, 0) is 17.9 Å². The van der Waals surface area contributed by atoms with Gasteiger partial charge in [0.05, 0.1) is 17.8 Å². The molecule has 0 aliphatic heterocycles. The second kappa shape index (κ2) is 10.8. The van der Waals surface area contributed by atoms with Crippen molar-refractivity contribution in [1.29, 1.82) is 5.26 Å². The molecule has 32 heavy (non-hydrogen) atoms. The fourth-order valence-electron chi connectivity index (χ4n) is 2.79. The van der Waals surface area contributed by atoms with Crippen LogP contribution in [-0.4, -0.2) is 23.4 Å². The van der Waals surface area contributed by atoms with E-state index in [1.54, 1.807) is 54.9 Å². The highest BCUT2D eigenvalue weighted by atomic mass is 35.5. The maximum Gasteiger partial charge on any atom is 0.255 e. The Morgan fingerprint density at radius 3 is 2.72 bits per heavy atom. The van der Waals surface area contributed by atoms with Crippen LogP contribution in [0, 0.1) is 11.3 Å². The van der Waals surface area contributed by atoms with Gasteiger partial charge in [-0.2, -0.15) is 5.26 Å². The van der Waals surface area contributed by atoms with Crippen molar-refractivity contribution >= 4 is 23.4 Å². The van der Waals surface area contributed by atoms with Crippen molar-refractivity contribution in [3.8, 4) is 17.6 Å². The van der Waals surface area contributed by atoms with E-state index < -0.39 is 5.91 Å². The van der Waals surface area contributed by atoms with E-state index >= 15 is 0 Å². The normalized spacial score (nSPS) is 10.1. The van der Waals surface area contributed by atoms with E-state index in [0.29, 0.717) is 33.2 Å². The number of primary amides is 1. The molecule has 3 aromatic rings. The molecule has 0 saturated heterocycles. The van der Waals surface area contributed by atoms with E-state index in [-0.39, 0.29) is 25.7 Å². The summed E-state index contributed by atoms with van der Waals surface area (Å²) in [7, 11) is 0. The fraction of sp³-hybridized carbons (Fsp3) is 0.130. The van der Waals surface area contributed by atoms with Crippen molar-refractivity contribution in [3.63, 3.8) is 0 Å². The van der Waals surface area contributed by atoms with Crippen molar-refractivity contribution < 1.29 is 19.1 Å². The minimum Gasteiger partial charge on any atom is -0.487 e. The first-order valence-corrected chi connectivity index (χ1v) is 9.87. The summed E-state index contributed by atoms with van der Waals surface area (Å²) in [5, 5.41) is 12.2. The third-order valence-electron chi connectivity index (χ3n) is 4.27. The highest BCUT2D eigenvalue weighted by molar-refractivity contribution is 6.31. The number of benzene rings is 2. The van der Waals surface area contributed by atoms with Gasteiger partial charge >= 0.3 is 0 Å². The molecule has 0 fully saturated rings. The average Bonchev–Trinajstić information content (AvgIpc) is 2.80. The summed E-state index contributed by atoms with van der Waals surface area (Å²) >= 11 is 6.18. The summed E-state index contributed by atoms with van der Waals surface area (Å²) in [5.41, 5.74) is 7.14. The molecular formula is C23H19ClN4O4. The Labute approximate surface area is 189 Å². The number of hydrogen-bond donors (Lipinski definition) is 2. The van der Waals surface area contributed by atoms with Gasteiger partial charge in [-0.05, 0) is 48.0 Å². The molecular weight excluding hydrogens is 432 g/mol. The van der Waals surface area contributed by atoms with E-state index in [0.717, 1.165) is 5.56 Å². The van der Waals surface area contributed by atoms with Gasteiger partial charge < -0.3 is 20.5 Å². The minimum absolute atomic E-state index is 0.104. The van der Waals surface area contributed by atoms with Crippen molar-refractivity contribution in [2.45, 2.75) is 13.2 Å². The number of pyridine rings is 1. The predicted octanol–water partition coefficient (Wildman–Crippen LogP) is 2.98. The van der Waals surface area contributed by atoms with Gasteiger partial charge in [-0.15, -0.1) is 0 Å². The van der Waals surface area contributed by atoms with Gasteiger partial charge in [0, 0.05) is 28.9 Å². The van der Waals surface area contributed by atoms with E-state index in [9.17, 15) is 9.59 Å². The molecule has 3 N–H and O–H groups in total. The molecule has 0 radical (unpaired) electrons. The molecule has 0 aliphatic rings. The van der Waals surface area contributed by atoms with E-state index in [1.165, 1.54) is 6.07 Å². The smallest absolute Gasteiger partial charge is 0.255 e. The zero-order valence-corrected chi connectivity index (χ0v) is 17.6. The number of halogens is 1. The average molecular weight is 451 g/mol. The number of nitrogens with one attached hydrogen (secondary N) is 1. The Morgan fingerprint density at radius 2 is 2.00 bits per heavy atom. The van der Waals surface area contributed by atoms with Crippen LogP contribution in [0.1, 0.15) is 27.0 Å². The molecule has 2 amide bonds. The van der Waals surface area contributed by atoms with Gasteiger partial charge in [-0.3, -0.25) is 14.6 Å². The monoisotopic (exact) mass is 450 g/mol. The van der Waals surface area contributed by atoms with Gasteiger partial charge in [-0.1, -0.05) is 17.7 Å². The fourth-order valence-corrected chi connectivity index (χ4v) is 3.05. The number of aromatic nitrogens is 1. The first-order chi connectivity index (χ1) is 15.4. The lowest BCUT2D eigenvalue weighted by Gasteiger charge is -2.13. The lowest BCUT2D eigenvalue weighted by Crippen LogP contribution is -2.24. The van der Waals surface area contributed by atoms with Crippen LogP contribution in [0.2, 0.25) is 5.02 Å². The van der Waals surface area contributed by atoms with Gasteiger partial charge in [0.25, 0.3) is 11.8 Å². The number of amides is 2. The minimum atomic E-state index is -0.651. The Kier molecular flexibility index (Phi) is 7.62. The number of nitrogens with two attached hydrogens (primary N) is 1. The molecule has 3 rings (SSSR count). The molecule has 1 aromatic heterocycles. The number of carbonyl (C=O) groups excluding carboxylic acids is 2. The number of hydrogen-bond acceptors (Lipinski definition) is 6. The van der Waals surface area contributed by atoms with E-state index in [2.05, 4.69) is 10.3 Å². The molecule has 0 aliphatic carbocycles. The lowest BCUT2D eigenvalue weighted by molar-refractivity contribution is -0.119. The predicted molar refractivity (Wildman–Crippen MR) is 117 cm³/mol. The van der Waals surface area contributed by atoms with Gasteiger partial charge in [-0.25, -0.2) is 0 Å². The SMILES string of the molecule is N#Cc1ccc(CNC(=O)c2cc(Cl)cc(COc3cccnc3)c2)c(OCC(N)=O)c1. The van der Waals surface area contributed by atoms with Crippen LogP contribution in [0.4, 0.5) is 0 Å². The van der Waals surface area contributed by atoms with Gasteiger partial charge in [0.1, 0.15) is 18.1 Å².